The Labute approximate surface area is 305 Å². The van der Waals surface area contributed by atoms with Crippen LogP contribution in [0.5, 0.6) is 0 Å². The van der Waals surface area contributed by atoms with Crippen LogP contribution in [0.3, 0.4) is 0 Å². The summed E-state index contributed by atoms with van der Waals surface area (Å²) in [6.45, 7) is 9.18. The lowest BCUT2D eigenvalue weighted by Gasteiger charge is -2.24. The fourth-order valence-electron chi connectivity index (χ4n) is 7.16. The van der Waals surface area contributed by atoms with E-state index in [9.17, 15) is 4.89 Å². The average molecular weight is 699 g/mol. The van der Waals surface area contributed by atoms with Crippen LogP contribution in [0, 0.1) is 0 Å². The zero-order valence-corrected chi connectivity index (χ0v) is 34.6. The summed E-state index contributed by atoms with van der Waals surface area (Å²) >= 11 is 0. The Kier molecular flexibility index (Phi) is 42.0. The molecule has 0 aliphatic heterocycles. The van der Waals surface area contributed by atoms with Crippen LogP contribution in [-0.4, -0.2) is 17.1 Å². The molecule has 0 aliphatic rings. The standard InChI is InChI=1S/C44H91O3P/c1-5-9-13-17-21-23-25-29-33-37-41-43(39-35-31-27-19-15-11-7-3)46-48(45)47-44(40-36-32-28-20-16-12-8-4)42-38-34-30-26-24-22-18-14-10-6-2/h43-45H,5-42H2,1-4H3. The molecule has 2 unspecified atom stereocenters. The van der Waals surface area contributed by atoms with Gasteiger partial charge in [0.1, 0.15) is 0 Å². The molecule has 290 valence electrons. The summed E-state index contributed by atoms with van der Waals surface area (Å²) in [4.78, 5) is 11.1. The smallest absolute Gasteiger partial charge is 0.328 e. The Morgan fingerprint density at radius 2 is 0.458 bits per heavy atom. The molecule has 0 aromatic carbocycles. The van der Waals surface area contributed by atoms with Crippen molar-refractivity contribution in [1.82, 2.24) is 0 Å². The third kappa shape index (κ3) is 37.6. The van der Waals surface area contributed by atoms with Crippen molar-refractivity contribution in [3.05, 3.63) is 0 Å². The molecule has 0 saturated carbocycles. The van der Waals surface area contributed by atoms with E-state index >= 15 is 0 Å². The quantitative estimate of drug-likeness (QED) is 0.0509. The first-order valence-corrected chi connectivity index (χ1v) is 23.6. The number of hydrogen-bond donors (Lipinski definition) is 1. The summed E-state index contributed by atoms with van der Waals surface area (Å²) in [6, 6.07) is 0. The van der Waals surface area contributed by atoms with Gasteiger partial charge < -0.3 is 13.9 Å². The molecule has 0 aliphatic carbocycles. The monoisotopic (exact) mass is 699 g/mol. The Morgan fingerprint density at radius 3 is 0.646 bits per heavy atom. The molecule has 4 heteroatoms. The van der Waals surface area contributed by atoms with Gasteiger partial charge in [0.25, 0.3) is 0 Å². The van der Waals surface area contributed by atoms with Crippen LogP contribution in [0.4, 0.5) is 0 Å². The van der Waals surface area contributed by atoms with Gasteiger partial charge in [0.15, 0.2) is 0 Å². The highest BCUT2D eigenvalue weighted by atomic mass is 31.2. The van der Waals surface area contributed by atoms with Crippen molar-refractivity contribution in [1.29, 1.82) is 0 Å². The Bertz CT molecular complexity index is 525. The molecule has 0 saturated heterocycles. The second-order valence-electron chi connectivity index (χ2n) is 15.5. The Morgan fingerprint density at radius 1 is 0.292 bits per heavy atom. The minimum atomic E-state index is -1.80. The van der Waals surface area contributed by atoms with Crippen LogP contribution in [-0.2, 0) is 9.05 Å². The van der Waals surface area contributed by atoms with Crippen LogP contribution >= 0.6 is 8.60 Å². The van der Waals surface area contributed by atoms with E-state index in [1.54, 1.807) is 0 Å². The maximum atomic E-state index is 11.1. The van der Waals surface area contributed by atoms with Gasteiger partial charge in [-0.05, 0) is 25.7 Å². The molecule has 0 rings (SSSR count). The van der Waals surface area contributed by atoms with Crippen LogP contribution in [0.1, 0.15) is 272 Å². The third-order valence-electron chi connectivity index (χ3n) is 10.5. The Hall–Kier alpha value is 0.310. The Balaban J connectivity index is 4.69. The molecule has 1 N–H and O–H groups in total. The molecule has 0 spiro atoms. The molecule has 3 nitrogen and oxygen atoms in total. The minimum absolute atomic E-state index is 0.155. The van der Waals surface area contributed by atoms with E-state index in [1.165, 1.54) is 218 Å². The average Bonchev–Trinajstić information content (AvgIpc) is 3.08. The molecule has 0 radical (unpaired) electrons. The molecule has 0 heterocycles. The predicted octanol–water partition coefficient (Wildman–Crippen LogP) is 16.9. The van der Waals surface area contributed by atoms with Gasteiger partial charge in [0.2, 0.25) is 0 Å². The van der Waals surface area contributed by atoms with Crippen molar-refractivity contribution in [3.8, 4) is 0 Å². The highest BCUT2D eigenvalue weighted by molar-refractivity contribution is 7.40. The fourth-order valence-corrected chi connectivity index (χ4v) is 8.14. The summed E-state index contributed by atoms with van der Waals surface area (Å²) < 4.78 is 12.8. The van der Waals surface area contributed by atoms with E-state index < -0.39 is 8.60 Å². The van der Waals surface area contributed by atoms with Crippen molar-refractivity contribution in [2.24, 2.45) is 0 Å². The summed E-state index contributed by atoms with van der Waals surface area (Å²) in [5.41, 5.74) is 0. The zero-order valence-electron chi connectivity index (χ0n) is 33.7. The lowest BCUT2D eigenvalue weighted by atomic mass is 10.0. The molecule has 0 amide bonds. The number of rotatable bonds is 42. The zero-order chi connectivity index (χ0) is 35.0. The van der Waals surface area contributed by atoms with Gasteiger partial charge in [-0.2, -0.15) is 0 Å². The second kappa shape index (κ2) is 41.7. The van der Waals surface area contributed by atoms with Crippen molar-refractivity contribution in [2.45, 2.75) is 284 Å². The lowest BCUT2D eigenvalue weighted by Crippen LogP contribution is -2.15. The van der Waals surface area contributed by atoms with E-state index in [1.807, 2.05) is 0 Å². The van der Waals surface area contributed by atoms with E-state index in [0.717, 1.165) is 25.7 Å². The minimum Gasteiger partial charge on any atom is -0.328 e. The van der Waals surface area contributed by atoms with Gasteiger partial charge in [-0.1, -0.05) is 246 Å². The number of hydrogen-bond acceptors (Lipinski definition) is 3. The SMILES string of the molecule is CCCCCCCCCCCCC(CCCCCCCCC)OP(O)OC(CCCCCCCCC)CCCCCCCCCCCC. The molecule has 48 heavy (non-hydrogen) atoms. The van der Waals surface area contributed by atoms with Crippen LogP contribution < -0.4 is 0 Å². The maximum Gasteiger partial charge on any atom is 0.330 e. The first kappa shape index (κ1) is 48.3. The summed E-state index contributed by atoms with van der Waals surface area (Å²) in [5, 5.41) is 0. The van der Waals surface area contributed by atoms with Gasteiger partial charge in [-0.3, -0.25) is 0 Å². The predicted molar refractivity (Wildman–Crippen MR) is 217 cm³/mol. The molecule has 0 aromatic heterocycles. The van der Waals surface area contributed by atoms with Crippen LogP contribution in [0.15, 0.2) is 0 Å². The van der Waals surface area contributed by atoms with Crippen LogP contribution in [0.2, 0.25) is 0 Å². The van der Waals surface area contributed by atoms with E-state index in [2.05, 4.69) is 27.7 Å². The third-order valence-corrected chi connectivity index (χ3v) is 11.5. The van der Waals surface area contributed by atoms with Crippen LogP contribution in [0.25, 0.3) is 0 Å². The summed E-state index contributed by atoms with van der Waals surface area (Å²) in [5.74, 6) is 0. The van der Waals surface area contributed by atoms with Crippen molar-refractivity contribution < 1.29 is 13.9 Å². The van der Waals surface area contributed by atoms with Crippen molar-refractivity contribution >= 4 is 8.60 Å². The maximum absolute atomic E-state index is 11.1. The van der Waals surface area contributed by atoms with Gasteiger partial charge in [0.05, 0.1) is 12.2 Å². The van der Waals surface area contributed by atoms with Gasteiger partial charge >= 0.3 is 8.60 Å². The van der Waals surface area contributed by atoms with Gasteiger partial charge in [-0.15, -0.1) is 0 Å². The topological polar surface area (TPSA) is 38.7 Å². The fraction of sp³-hybridized carbons (Fsp3) is 1.00. The first-order chi connectivity index (χ1) is 23.7. The molecular weight excluding hydrogens is 607 g/mol. The summed E-state index contributed by atoms with van der Waals surface area (Å²) in [7, 11) is -1.80. The van der Waals surface area contributed by atoms with E-state index in [4.69, 9.17) is 9.05 Å². The normalized spacial score (nSPS) is 13.7. The van der Waals surface area contributed by atoms with E-state index in [0.29, 0.717) is 0 Å². The molecule has 0 aromatic rings. The highest BCUT2D eigenvalue weighted by Gasteiger charge is 2.21. The van der Waals surface area contributed by atoms with Crippen molar-refractivity contribution in [3.63, 3.8) is 0 Å². The first-order valence-electron chi connectivity index (χ1n) is 22.5. The molecular formula is C44H91O3P. The molecule has 2 atom stereocenters. The van der Waals surface area contributed by atoms with Gasteiger partial charge in [0, 0.05) is 0 Å². The summed E-state index contributed by atoms with van der Waals surface area (Å²) in [6.07, 6.45) is 50.5. The largest absolute Gasteiger partial charge is 0.330 e. The van der Waals surface area contributed by atoms with Crippen molar-refractivity contribution in [2.75, 3.05) is 0 Å². The lowest BCUT2D eigenvalue weighted by molar-refractivity contribution is 0.0892. The molecule has 0 fully saturated rings. The highest BCUT2D eigenvalue weighted by Crippen LogP contribution is 2.40. The number of unbranched alkanes of at least 4 members (excludes halogenated alkanes) is 30. The van der Waals surface area contributed by atoms with Gasteiger partial charge in [-0.25, -0.2) is 0 Å². The molecule has 0 bridgehead atoms. The van der Waals surface area contributed by atoms with E-state index in [-0.39, 0.29) is 12.2 Å². The second-order valence-corrected chi connectivity index (χ2v) is 16.4.